The number of benzene rings is 1. The number of pyridine rings is 1. The van der Waals surface area contributed by atoms with Crippen LogP contribution in [0.1, 0.15) is 16.8 Å². The number of rotatable bonds is 5. The number of hydrogen-bond donors (Lipinski definition) is 1. The number of ether oxygens (including phenoxy) is 1. The number of hydrogen-bond acceptors (Lipinski definition) is 8. The third-order valence-electron chi connectivity index (χ3n) is 3.99. The molecule has 1 aromatic carbocycles. The number of nitro groups is 1. The Morgan fingerprint density at radius 1 is 1.37 bits per heavy atom. The predicted molar refractivity (Wildman–Crippen MR) is 105 cm³/mol. The third-order valence-corrected chi connectivity index (χ3v) is 6.05. The second kappa shape index (κ2) is 7.49. The fourth-order valence-corrected chi connectivity index (χ4v) is 4.65. The maximum atomic E-state index is 12.7. The van der Waals surface area contributed by atoms with Crippen LogP contribution in [0.4, 0.5) is 10.8 Å². The lowest BCUT2D eigenvalue weighted by Gasteiger charge is -2.14. The fourth-order valence-electron chi connectivity index (χ4n) is 2.67. The topological polar surface area (TPSA) is 107 Å². The molecule has 0 spiro atoms. The molecule has 1 N–H and O–H groups in total. The van der Waals surface area contributed by atoms with Crippen molar-refractivity contribution in [1.82, 2.24) is 9.97 Å². The number of non-ortho nitro benzene ring substituents is 1. The molecule has 0 aliphatic carbocycles. The van der Waals surface area contributed by atoms with Crippen LogP contribution >= 0.6 is 23.1 Å². The quantitative estimate of drug-likeness (QED) is 0.512. The van der Waals surface area contributed by atoms with Crippen LogP contribution in [0.25, 0.3) is 10.2 Å². The van der Waals surface area contributed by atoms with Gasteiger partial charge in [0.2, 0.25) is 5.88 Å². The molecule has 0 radical (unpaired) electrons. The molecule has 3 aromatic rings. The van der Waals surface area contributed by atoms with Crippen molar-refractivity contribution in [3.8, 4) is 5.88 Å². The van der Waals surface area contributed by atoms with Crippen LogP contribution < -0.4 is 10.1 Å². The van der Waals surface area contributed by atoms with Gasteiger partial charge in [0, 0.05) is 24.1 Å². The predicted octanol–water partition coefficient (Wildman–Crippen LogP) is 3.74. The SMILES string of the molecule is O=C(Nc1nc2ccc([N+](=O)[O-])cc2s1)c1cccnc1OC1CCSC1. The summed E-state index contributed by atoms with van der Waals surface area (Å²) in [6.07, 6.45) is 2.57. The Balaban J connectivity index is 1.55. The van der Waals surface area contributed by atoms with Crippen molar-refractivity contribution in [2.24, 2.45) is 0 Å². The summed E-state index contributed by atoms with van der Waals surface area (Å²) in [5.74, 6) is 1.85. The highest BCUT2D eigenvalue weighted by molar-refractivity contribution is 7.99. The summed E-state index contributed by atoms with van der Waals surface area (Å²) in [7, 11) is 0. The molecule has 10 heteroatoms. The van der Waals surface area contributed by atoms with E-state index in [1.165, 1.54) is 23.5 Å². The van der Waals surface area contributed by atoms with E-state index in [9.17, 15) is 14.9 Å². The molecular formula is C17H14N4O4S2. The molecule has 1 aliphatic heterocycles. The van der Waals surface area contributed by atoms with Crippen molar-refractivity contribution in [2.75, 3.05) is 16.8 Å². The van der Waals surface area contributed by atoms with Crippen LogP contribution in [0.15, 0.2) is 36.5 Å². The first-order chi connectivity index (χ1) is 13.1. The normalized spacial score (nSPS) is 16.4. The van der Waals surface area contributed by atoms with Crippen LogP contribution in [-0.4, -0.2) is 38.4 Å². The van der Waals surface area contributed by atoms with Gasteiger partial charge < -0.3 is 4.74 Å². The summed E-state index contributed by atoms with van der Waals surface area (Å²) < 4.78 is 6.51. The first kappa shape index (κ1) is 17.7. The number of fused-ring (bicyclic) bond motifs is 1. The second-order valence-corrected chi connectivity index (χ2v) is 8.02. The maximum absolute atomic E-state index is 12.7. The number of carbonyl (C=O) groups is 1. The molecule has 0 bridgehead atoms. The number of anilines is 1. The minimum absolute atomic E-state index is 0.0126. The van der Waals surface area contributed by atoms with Gasteiger partial charge >= 0.3 is 0 Å². The molecule has 1 atom stereocenters. The lowest BCUT2D eigenvalue weighted by Crippen LogP contribution is -2.20. The summed E-state index contributed by atoms with van der Waals surface area (Å²) in [5, 5.41) is 14.0. The molecule has 8 nitrogen and oxygen atoms in total. The Morgan fingerprint density at radius 2 is 2.26 bits per heavy atom. The largest absolute Gasteiger partial charge is 0.473 e. The summed E-state index contributed by atoms with van der Waals surface area (Å²) in [6.45, 7) is 0. The van der Waals surface area contributed by atoms with Gasteiger partial charge in [0.15, 0.2) is 5.13 Å². The average Bonchev–Trinajstić information content (AvgIpc) is 3.30. The van der Waals surface area contributed by atoms with E-state index < -0.39 is 4.92 Å². The zero-order valence-corrected chi connectivity index (χ0v) is 15.6. The van der Waals surface area contributed by atoms with Crippen molar-refractivity contribution in [3.63, 3.8) is 0 Å². The van der Waals surface area contributed by atoms with E-state index in [-0.39, 0.29) is 17.7 Å². The monoisotopic (exact) mass is 402 g/mol. The first-order valence-corrected chi connectivity index (χ1v) is 10.1. The highest BCUT2D eigenvalue weighted by Crippen LogP contribution is 2.30. The van der Waals surface area contributed by atoms with Crippen LogP contribution in [-0.2, 0) is 0 Å². The Bertz CT molecular complexity index is 1020. The van der Waals surface area contributed by atoms with E-state index in [2.05, 4.69) is 15.3 Å². The fraction of sp³-hybridized carbons (Fsp3) is 0.235. The van der Waals surface area contributed by atoms with E-state index in [4.69, 9.17) is 4.74 Å². The van der Waals surface area contributed by atoms with Gasteiger partial charge in [0.25, 0.3) is 11.6 Å². The molecule has 27 heavy (non-hydrogen) atoms. The number of nitrogens with one attached hydrogen (secondary N) is 1. The number of carbonyl (C=O) groups excluding carboxylic acids is 1. The zero-order valence-electron chi connectivity index (χ0n) is 14.0. The van der Waals surface area contributed by atoms with E-state index in [0.717, 1.165) is 17.9 Å². The van der Waals surface area contributed by atoms with Gasteiger partial charge in [-0.1, -0.05) is 11.3 Å². The van der Waals surface area contributed by atoms with E-state index in [0.29, 0.717) is 26.8 Å². The van der Waals surface area contributed by atoms with E-state index in [1.54, 1.807) is 24.4 Å². The van der Waals surface area contributed by atoms with Crippen LogP contribution in [0.5, 0.6) is 5.88 Å². The van der Waals surface area contributed by atoms with Crippen molar-refractivity contribution in [1.29, 1.82) is 0 Å². The molecular weight excluding hydrogens is 388 g/mol. The van der Waals surface area contributed by atoms with Gasteiger partial charge in [-0.2, -0.15) is 11.8 Å². The Kier molecular flexibility index (Phi) is 4.90. The Morgan fingerprint density at radius 3 is 3.04 bits per heavy atom. The van der Waals surface area contributed by atoms with Gasteiger partial charge in [0.1, 0.15) is 11.7 Å². The van der Waals surface area contributed by atoms with Crippen molar-refractivity contribution in [3.05, 3.63) is 52.2 Å². The minimum Gasteiger partial charge on any atom is -0.473 e. The van der Waals surface area contributed by atoms with Crippen molar-refractivity contribution in [2.45, 2.75) is 12.5 Å². The van der Waals surface area contributed by atoms with Gasteiger partial charge in [-0.05, 0) is 30.4 Å². The molecule has 1 unspecified atom stereocenters. The second-order valence-electron chi connectivity index (χ2n) is 5.84. The molecule has 4 rings (SSSR count). The lowest BCUT2D eigenvalue weighted by atomic mass is 10.2. The molecule has 2 aromatic heterocycles. The molecule has 1 amide bonds. The number of thiazole rings is 1. The molecule has 1 saturated heterocycles. The average molecular weight is 402 g/mol. The van der Waals surface area contributed by atoms with Crippen LogP contribution in [0.2, 0.25) is 0 Å². The molecule has 138 valence electrons. The Hall–Kier alpha value is -2.72. The van der Waals surface area contributed by atoms with Crippen molar-refractivity contribution < 1.29 is 14.5 Å². The molecule has 0 saturated carbocycles. The molecule has 1 fully saturated rings. The van der Waals surface area contributed by atoms with E-state index in [1.807, 2.05) is 11.8 Å². The van der Waals surface area contributed by atoms with Gasteiger partial charge in [-0.15, -0.1) is 0 Å². The number of nitrogens with zero attached hydrogens (tertiary/aromatic N) is 3. The maximum Gasteiger partial charge on any atom is 0.270 e. The number of amides is 1. The summed E-state index contributed by atoms with van der Waals surface area (Å²) >= 11 is 2.99. The van der Waals surface area contributed by atoms with E-state index >= 15 is 0 Å². The first-order valence-electron chi connectivity index (χ1n) is 8.16. The molecule has 3 heterocycles. The summed E-state index contributed by atoms with van der Waals surface area (Å²) in [6, 6.07) is 7.72. The van der Waals surface area contributed by atoms with Crippen molar-refractivity contribution >= 4 is 50.0 Å². The number of nitro benzene ring substituents is 1. The van der Waals surface area contributed by atoms with Gasteiger partial charge in [-0.25, -0.2) is 9.97 Å². The van der Waals surface area contributed by atoms with Crippen LogP contribution in [0, 0.1) is 10.1 Å². The standard InChI is InChI=1S/C17H14N4O4S2/c22-15(12-2-1-6-18-16(12)25-11-5-7-26-9-11)20-17-19-13-4-3-10(21(23)24)8-14(13)27-17/h1-4,6,8,11H,5,7,9H2,(H,19,20,22). The number of thioether (sulfide) groups is 1. The summed E-state index contributed by atoms with van der Waals surface area (Å²) in [5.41, 5.74) is 0.910. The van der Waals surface area contributed by atoms with Gasteiger partial charge in [-0.3, -0.25) is 20.2 Å². The van der Waals surface area contributed by atoms with Gasteiger partial charge in [0.05, 0.1) is 15.1 Å². The molecule has 1 aliphatic rings. The summed E-state index contributed by atoms with van der Waals surface area (Å²) in [4.78, 5) is 31.6. The Labute approximate surface area is 162 Å². The van der Waals surface area contributed by atoms with Crippen LogP contribution in [0.3, 0.4) is 0 Å². The minimum atomic E-state index is -0.460. The third kappa shape index (κ3) is 3.86. The number of aromatic nitrogens is 2. The smallest absolute Gasteiger partial charge is 0.270 e. The zero-order chi connectivity index (χ0) is 18.8. The highest BCUT2D eigenvalue weighted by Gasteiger charge is 2.22. The lowest BCUT2D eigenvalue weighted by molar-refractivity contribution is -0.384. The highest BCUT2D eigenvalue weighted by atomic mass is 32.2.